The summed E-state index contributed by atoms with van der Waals surface area (Å²) in [6.07, 6.45) is 0. The standard InChI is InChI=1S/C22H30O2S4/c1-6-25-17-10-15(11-18(21(17)23)26-7-2)14(5)16-12-19(27-8-3)22(24)20(13-16)28-9-4/h10-14,23-24H,6-9H2,1-5H3. The highest BCUT2D eigenvalue weighted by molar-refractivity contribution is 8.00. The smallest absolute Gasteiger partial charge is 0.142 e. The molecule has 28 heavy (non-hydrogen) atoms. The van der Waals surface area contributed by atoms with Gasteiger partial charge >= 0.3 is 0 Å². The van der Waals surface area contributed by atoms with Crippen LogP contribution >= 0.6 is 47.0 Å². The number of hydrogen-bond donors (Lipinski definition) is 2. The molecule has 0 amide bonds. The van der Waals surface area contributed by atoms with Crippen LogP contribution in [0.4, 0.5) is 0 Å². The summed E-state index contributed by atoms with van der Waals surface area (Å²) in [5, 5.41) is 21.2. The van der Waals surface area contributed by atoms with Crippen LogP contribution in [0, 0.1) is 0 Å². The lowest BCUT2D eigenvalue weighted by Crippen LogP contribution is -1.99. The van der Waals surface area contributed by atoms with Crippen LogP contribution in [0.5, 0.6) is 11.5 Å². The average molecular weight is 455 g/mol. The molecule has 0 aromatic heterocycles. The SMILES string of the molecule is CCSc1cc(C(C)c2cc(SCC)c(O)c(SCC)c2)cc(SCC)c1O. The Balaban J connectivity index is 2.53. The van der Waals surface area contributed by atoms with Crippen molar-refractivity contribution in [2.75, 3.05) is 23.0 Å². The van der Waals surface area contributed by atoms with Crippen molar-refractivity contribution in [1.82, 2.24) is 0 Å². The van der Waals surface area contributed by atoms with Crippen molar-refractivity contribution in [1.29, 1.82) is 0 Å². The summed E-state index contributed by atoms with van der Waals surface area (Å²) in [4.78, 5) is 3.81. The number of hydrogen-bond acceptors (Lipinski definition) is 6. The van der Waals surface area contributed by atoms with Gasteiger partial charge in [-0.05, 0) is 58.4 Å². The van der Waals surface area contributed by atoms with Crippen LogP contribution in [-0.4, -0.2) is 33.2 Å². The molecule has 2 aromatic rings. The van der Waals surface area contributed by atoms with Gasteiger partial charge in [0.05, 0.1) is 19.6 Å². The lowest BCUT2D eigenvalue weighted by atomic mass is 9.93. The van der Waals surface area contributed by atoms with Crippen molar-refractivity contribution >= 4 is 47.0 Å². The van der Waals surface area contributed by atoms with E-state index in [1.54, 1.807) is 47.0 Å². The van der Waals surface area contributed by atoms with Crippen LogP contribution in [0.1, 0.15) is 51.7 Å². The molecule has 154 valence electrons. The Labute approximate surface area is 186 Å². The lowest BCUT2D eigenvalue weighted by molar-refractivity contribution is 0.448. The van der Waals surface area contributed by atoms with E-state index in [9.17, 15) is 10.2 Å². The van der Waals surface area contributed by atoms with Crippen LogP contribution in [0.3, 0.4) is 0 Å². The second-order valence-electron chi connectivity index (χ2n) is 6.19. The Bertz CT molecular complexity index is 673. The first-order chi connectivity index (χ1) is 13.5. The topological polar surface area (TPSA) is 40.5 Å². The van der Waals surface area contributed by atoms with Gasteiger partial charge in [0.2, 0.25) is 0 Å². The zero-order valence-electron chi connectivity index (χ0n) is 17.2. The highest BCUT2D eigenvalue weighted by Gasteiger charge is 2.19. The minimum absolute atomic E-state index is 0.182. The van der Waals surface area contributed by atoms with Crippen LogP contribution < -0.4 is 0 Å². The third-order valence-corrected chi connectivity index (χ3v) is 7.97. The molecule has 0 aliphatic carbocycles. The van der Waals surface area contributed by atoms with E-state index in [1.807, 2.05) is 0 Å². The van der Waals surface area contributed by atoms with Gasteiger partial charge in [0.15, 0.2) is 0 Å². The predicted molar refractivity (Wildman–Crippen MR) is 129 cm³/mol. The zero-order chi connectivity index (χ0) is 20.7. The fourth-order valence-electron chi connectivity index (χ4n) is 2.96. The van der Waals surface area contributed by atoms with E-state index in [0.29, 0.717) is 11.5 Å². The minimum Gasteiger partial charge on any atom is -0.506 e. The summed E-state index contributed by atoms with van der Waals surface area (Å²) in [6, 6.07) is 8.50. The van der Waals surface area contributed by atoms with Gasteiger partial charge in [-0.1, -0.05) is 34.6 Å². The molecule has 2 rings (SSSR count). The molecule has 0 radical (unpaired) electrons. The van der Waals surface area contributed by atoms with Crippen LogP contribution in [0.2, 0.25) is 0 Å². The quantitative estimate of drug-likeness (QED) is 0.358. The second-order valence-corrected chi connectivity index (χ2v) is 11.4. The van der Waals surface area contributed by atoms with Crippen LogP contribution in [0.15, 0.2) is 43.8 Å². The van der Waals surface area contributed by atoms with E-state index in [4.69, 9.17) is 0 Å². The molecule has 0 fully saturated rings. The van der Waals surface area contributed by atoms with Gasteiger partial charge in [-0.2, -0.15) is 0 Å². The van der Waals surface area contributed by atoms with Crippen molar-refractivity contribution in [2.45, 2.75) is 60.1 Å². The summed E-state index contributed by atoms with van der Waals surface area (Å²) < 4.78 is 0. The Hall–Kier alpha value is -0.560. The molecule has 0 saturated carbocycles. The zero-order valence-corrected chi connectivity index (χ0v) is 20.5. The first kappa shape index (κ1) is 23.7. The number of benzene rings is 2. The summed E-state index contributed by atoms with van der Waals surface area (Å²) >= 11 is 6.73. The molecule has 0 heterocycles. The maximum absolute atomic E-state index is 10.6. The van der Waals surface area contributed by atoms with Gasteiger partial charge in [0, 0.05) is 5.92 Å². The van der Waals surface area contributed by atoms with Gasteiger partial charge in [0.25, 0.3) is 0 Å². The second kappa shape index (κ2) is 11.6. The third-order valence-electron chi connectivity index (χ3n) is 4.32. The lowest BCUT2D eigenvalue weighted by Gasteiger charge is -2.19. The molecule has 2 N–H and O–H groups in total. The Morgan fingerprint density at radius 3 is 1.07 bits per heavy atom. The predicted octanol–water partition coefficient (Wildman–Crippen LogP) is 7.70. The molecule has 0 spiro atoms. The highest BCUT2D eigenvalue weighted by Crippen LogP contribution is 2.44. The van der Waals surface area contributed by atoms with Crippen molar-refractivity contribution in [3.8, 4) is 11.5 Å². The van der Waals surface area contributed by atoms with Gasteiger partial charge in [0.1, 0.15) is 11.5 Å². The maximum Gasteiger partial charge on any atom is 0.142 e. The van der Waals surface area contributed by atoms with Crippen molar-refractivity contribution in [3.63, 3.8) is 0 Å². The van der Waals surface area contributed by atoms with E-state index in [0.717, 1.165) is 42.6 Å². The minimum atomic E-state index is 0.182. The molecule has 2 aromatic carbocycles. The fraction of sp³-hybridized carbons (Fsp3) is 0.455. The van der Waals surface area contributed by atoms with Gasteiger partial charge in [-0.15, -0.1) is 47.0 Å². The summed E-state index contributed by atoms with van der Waals surface area (Å²) in [5.74, 6) is 4.70. The molecule has 0 saturated heterocycles. The fourth-order valence-corrected chi connectivity index (χ4v) is 6.20. The third kappa shape index (κ3) is 5.74. The molecule has 0 aliphatic rings. The van der Waals surface area contributed by atoms with Crippen LogP contribution in [-0.2, 0) is 0 Å². The molecular formula is C22H30O2S4. The number of thioether (sulfide) groups is 4. The molecule has 0 aliphatic heterocycles. The van der Waals surface area contributed by atoms with Crippen LogP contribution in [0.25, 0.3) is 0 Å². The van der Waals surface area contributed by atoms with Crippen molar-refractivity contribution < 1.29 is 10.2 Å². The number of phenolic OH excluding ortho intramolecular Hbond substituents is 2. The molecule has 0 atom stereocenters. The van der Waals surface area contributed by atoms with Crippen molar-refractivity contribution in [3.05, 3.63) is 35.4 Å². The molecule has 6 heteroatoms. The Kier molecular flexibility index (Phi) is 9.81. The number of phenols is 2. The molecule has 0 unspecified atom stereocenters. The number of aromatic hydroxyl groups is 2. The Morgan fingerprint density at radius 1 is 0.607 bits per heavy atom. The van der Waals surface area contributed by atoms with Crippen molar-refractivity contribution in [2.24, 2.45) is 0 Å². The van der Waals surface area contributed by atoms with E-state index in [-0.39, 0.29) is 5.92 Å². The Morgan fingerprint density at radius 2 is 0.857 bits per heavy atom. The molecular weight excluding hydrogens is 425 g/mol. The maximum atomic E-state index is 10.6. The normalized spacial score (nSPS) is 11.4. The summed E-state index contributed by atoms with van der Waals surface area (Å²) in [5.41, 5.74) is 2.41. The first-order valence-electron chi connectivity index (χ1n) is 9.71. The number of rotatable bonds is 10. The molecule has 0 bridgehead atoms. The monoisotopic (exact) mass is 454 g/mol. The van der Waals surface area contributed by atoms with Gasteiger partial charge < -0.3 is 10.2 Å². The van der Waals surface area contributed by atoms with E-state index in [1.165, 1.54) is 11.1 Å². The van der Waals surface area contributed by atoms with E-state index >= 15 is 0 Å². The molecule has 2 nitrogen and oxygen atoms in total. The average Bonchev–Trinajstić information content (AvgIpc) is 2.68. The van der Waals surface area contributed by atoms with Gasteiger partial charge in [-0.3, -0.25) is 0 Å². The summed E-state index contributed by atoms with van der Waals surface area (Å²) in [7, 11) is 0. The highest BCUT2D eigenvalue weighted by atomic mass is 32.2. The first-order valence-corrected chi connectivity index (χ1v) is 13.7. The van der Waals surface area contributed by atoms with Gasteiger partial charge in [-0.25, -0.2) is 0 Å². The van der Waals surface area contributed by atoms with E-state index < -0.39 is 0 Å². The summed E-state index contributed by atoms with van der Waals surface area (Å²) in [6.45, 7) is 10.6. The van der Waals surface area contributed by atoms with E-state index in [2.05, 4.69) is 58.9 Å². The largest absolute Gasteiger partial charge is 0.506 e.